The molecule has 0 unspecified atom stereocenters. The van der Waals surface area contributed by atoms with Crippen molar-refractivity contribution < 1.29 is 17.9 Å². The summed E-state index contributed by atoms with van der Waals surface area (Å²) >= 11 is 1.74. The van der Waals surface area contributed by atoms with E-state index in [-0.39, 0.29) is 16.7 Å². The number of alkyl halides is 3. The topological polar surface area (TPSA) is 71.9 Å². The molecule has 4 nitrogen and oxygen atoms in total. The van der Waals surface area contributed by atoms with Crippen LogP contribution in [0.5, 0.6) is 5.88 Å². The van der Waals surface area contributed by atoms with E-state index in [9.17, 15) is 13.2 Å². The summed E-state index contributed by atoms with van der Waals surface area (Å²) in [6, 6.07) is 3.00. The van der Waals surface area contributed by atoms with Gasteiger partial charge in [0.05, 0.1) is 12.5 Å². The predicted molar refractivity (Wildman–Crippen MR) is 60.8 cm³/mol. The van der Waals surface area contributed by atoms with E-state index in [1.165, 1.54) is 0 Å². The van der Waals surface area contributed by atoms with Crippen molar-refractivity contribution in [3.8, 4) is 11.9 Å². The zero-order valence-electron chi connectivity index (χ0n) is 8.38. The van der Waals surface area contributed by atoms with Gasteiger partial charge >= 0.3 is 6.36 Å². The van der Waals surface area contributed by atoms with Crippen LogP contribution in [0.3, 0.4) is 0 Å². The van der Waals surface area contributed by atoms with Crippen molar-refractivity contribution >= 4 is 22.6 Å². The molecule has 0 aliphatic rings. The number of halogens is 4. The smallest absolute Gasteiger partial charge is 0.388 e. The van der Waals surface area contributed by atoms with Crippen molar-refractivity contribution in [2.24, 2.45) is 5.73 Å². The predicted octanol–water partition coefficient (Wildman–Crippen LogP) is 2.11. The molecule has 0 aliphatic carbocycles. The molecule has 17 heavy (non-hydrogen) atoms. The molecule has 92 valence electrons. The van der Waals surface area contributed by atoms with E-state index in [0.717, 1.165) is 6.07 Å². The number of aromatic nitrogens is 1. The number of ether oxygens (including phenoxy) is 1. The highest BCUT2D eigenvalue weighted by atomic mass is 127. The molecule has 0 fully saturated rings. The summed E-state index contributed by atoms with van der Waals surface area (Å²) in [5.41, 5.74) is 6.36. The summed E-state index contributed by atoms with van der Waals surface area (Å²) in [4.78, 5) is 3.62. The van der Waals surface area contributed by atoms with Gasteiger partial charge in [0.1, 0.15) is 3.70 Å². The molecule has 1 rings (SSSR count). The second-order valence-corrected chi connectivity index (χ2v) is 4.00. The zero-order valence-corrected chi connectivity index (χ0v) is 10.5. The summed E-state index contributed by atoms with van der Waals surface area (Å²) in [7, 11) is 0. The summed E-state index contributed by atoms with van der Waals surface area (Å²) in [5.74, 6) is -0.566. The second-order valence-electron chi connectivity index (χ2n) is 2.98. The molecule has 1 heterocycles. The maximum Gasteiger partial charge on any atom is 0.574 e. The quantitative estimate of drug-likeness (QED) is 0.665. The van der Waals surface area contributed by atoms with E-state index >= 15 is 0 Å². The summed E-state index contributed by atoms with van der Waals surface area (Å²) in [6.45, 7) is 0.0176. The van der Waals surface area contributed by atoms with Gasteiger partial charge in [-0.2, -0.15) is 5.26 Å². The maximum atomic E-state index is 12.0. The van der Waals surface area contributed by atoms with Crippen molar-refractivity contribution in [1.82, 2.24) is 4.98 Å². The molecule has 0 amide bonds. The lowest BCUT2D eigenvalue weighted by atomic mass is 10.1. The Morgan fingerprint density at radius 1 is 1.53 bits per heavy atom. The van der Waals surface area contributed by atoms with Crippen molar-refractivity contribution in [3.05, 3.63) is 20.9 Å². The van der Waals surface area contributed by atoms with E-state index < -0.39 is 12.2 Å². The van der Waals surface area contributed by atoms with Crippen molar-refractivity contribution in [2.45, 2.75) is 19.3 Å². The molecule has 0 saturated carbocycles. The van der Waals surface area contributed by atoms with E-state index in [4.69, 9.17) is 11.0 Å². The van der Waals surface area contributed by atoms with E-state index in [1.807, 2.05) is 6.07 Å². The standard InChI is InChI=1S/C9H7F3IN3O/c10-9(11,12)17-7-3-5(4-15)6(1-2-14)8(13)16-7/h3H,1,4,15H2. The minimum atomic E-state index is -4.79. The molecule has 8 heteroatoms. The number of hydrogen-bond donors (Lipinski definition) is 1. The van der Waals surface area contributed by atoms with Crippen LogP contribution in [0.4, 0.5) is 13.2 Å². The van der Waals surface area contributed by atoms with Crippen LogP contribution in [0.15, 0.2) is 6.07 Å². The summed E-state index contributed by atoms with van der Waals surface area (Å²) < 4.78 is 40.0. The van der Waals surface area contributed by atoms with Crippen LogP contribution in [0.25, 0.3) is 0 Å². The molecule has 2 N–H and O–H groups in total. The molecule has 0 bridgehead atoms. The number of rotatable bonds is 3. The first-order valence-electron chi connectivity index (χ1n) is 4.38. The van der Waals surface area contributed by atoms with Gasteiger partial charge in [-0.05, 0) is 28.2 Å². The second kappa shape index (κ2) is 5.50. The fraction of sp³-hybridized carbons (Fsp3) is 0.333. The Morgan fingerprint density at radius 3 is 2.65 bits per heavy atom. The first kappa shape index (κ1) is 14.0. The zero-order chi connectivity index (χ0) is 13.1. The minimum Gasteiger partial charge on any atom is -0.388 e. The van der Waals surface area contributed by atoms with E-state index in [0.29, 0.717) is 11.1 Å². The molecule has 1 aromatic rings. The molecule has 0 aromatic carbocycles. The van der Waals surface area contributed by atoms with Gasteiger partial charge in [-0.1, -0.05) is 0 Å². The molecule has 0 spiro atoms. The highest BCUT2D eigenvalue weighted by Crippen LogP contribution is 2.25. The van der Waals surface area contributed by atoms with Gasteiger partial charge in [-0.25, -0.2) is 4.98 Å². The summed E-state index contributed by atoms with van der Waals surface area (Å²) in [6.07, 6.45) is -4.75. The van der Waals surface area contributed by atoms with Crippen LogP contribution in [-0.4, -0.2) is 11.3 Å². The number of hydrogen-bond acceptors (Lipinski definition) is 4. The maximum absolute atomic E-state index is 12.0. The van der Waals surface area contributed by atoms with Crippen LogP contribution >= 0.6 is 22.6 Å². The fourth-order valence-corrected chi connectivity index (χ4v) is 1.96. The van der Waals surface area contributed by atoms with Gasteiger partial charge in [0, 0.05) is 18.2 Å². The van der Waals surface area contributed by atoms with E-state index in [2.05, 4.69) is 9.72 Å². The van der Waals surface area contributed by atoms with Crippen LogP contribution in [0.1, 0.15) is 11.1 Å². The van der Waals surface area contributed by atoms with Gasteiger partial charge in [-0.3, -0.25) is 0 Å². The molecular formula is C9H7F3IN3O. The highest BCUT2D eigenvalue weighted by molar-refractivity contribution is 14.1. The Bertz CT molecular complexity index is 456. The third kappa shape index (κ3) is 4.01. The molecule has 0 aliphatic heterocycles. The number of pyridine rings is 1. The highest BCUT2D eigenvalue weighted by Gasteiger charge is 2.32. The average Bonchev–Trinajstić information content (AvgIpc) is 2.19. The van der Waals surface area contributed by atoms with E-state index in [1.54, 1.807) is 22.6 Å². The Hall–Kier alpha value is -1.08. The van der Waals surface area contributed by atoms with Gasteiger partial charge in [0.25, 0.3) is 0 Å². The van der Waals surface area contributed by atoms with Crippen LogP contribution in [0, 0.1) is 15.0 Å². The number of nitrogens with zero attached hydrogens (tertiary/aromatic N) is 2. The normalized spacial score (nSPS) is 11.1. The largest absolute Gasteiger partial charge is 0.574 e. The molecular weight excluding hydrogens is 350 g/mol. The fourth-order valence-electron chi connectivity index (χ4n) is 1.18. The Kier molecular flexibility index (Phi) is 4.53. The lowest BCUT2D eigenvalue weighted by Crippen LogP contribution is -2.19. The number of nitriles is 1. The lowest BCUT2D eigenvalue weighted by molar-refractivity contribution is -0.276. The monoisotopic (exact) mass is 357 g/mol. The summed E-state index contributed by atoms with van der Waals surface area (Å²) in [5, 5.41) is 8.59. The first-order valence-corrected chi connectivity index (χ1v) is 5.46. The third-order valence-electron chi connectivity index (χ3n) is 1.84. The SMILES string of the molecule is N#CCc1c(CN)cc(OC(F)(F)F)nc1I. The number of nitrogens with two attached hydrogens (primary N) is 1. The first-order chi connectivity index (χ1) is 7.87. The van der Waals surface area contributed by atoms with Crippen molar-refractivity contribution in [3.63, 3.8) is 0 Å². The van der Waals surface area contributed by atoms with Crippen LogP contribution in [0.2, 0.25) is 0 Å². The van der Waals surface area contributed by atoms with Crippen molar-refractivity contribution in [2.75, 3.05) is 0 Å². The van der Waals surface area contributed by atoms with Gasteiger partial charge in [0.15, 0.2) is 0 Å². The molecule has 1 aromatic heterocycles. The van der Waals surface area contributed by atoms with Gasteiger partial charge in [0.2, 0.25) is 5.88 Å². The Balaban J connectivity index is 3.14. The van der Waals surface area contributed by atoms with Crippen LogP contribution < -0.4 is 10.5 Å². The third-order valence-corrected chi connectivity index (χ3v) is 2.73. The molecule has 0 radical (unpaired) electrons. The van der Waals surface area contributed by atoms with Gasteiger partial charge in [-0.15, -0.1) is 13.2 Å². The van der Waals surface area contributed by atoms with Gasteiger partial charge < -0.3 is 10.5 Å². The molecule has 0 atom stereocenters. The Labute approximate surface area is 109 Å². The average molecular weight is 357 g/mol. The van der Waals surface area contributed by atoms with Crippen molar-refractivity contribution in [1.29, 1.82) is 5.26 Å². The lowest BCUT2D eigenvalue weighted by Gasteiger charge is -2.12. The molecule has 0 saturated heterocycles. The Morgan fingerprint density at radius 2 is 2.18 bits per heavy atom. The minimum absolute atomic E-state index is 0.0176. The van der Waals surface area contributed by atoms with Crippen LogP contribution in [-0.2, 0) is 13.0 Å².